The molecule has 3 aromatic rings. The van der Waals surface area contributed by atoms with E-state index in [0.717, 1.165) is 23.5 Å². The summed E-state index contributed by atoms with van der Waals surface area (Å²) in [7, 11) is 0. The summed E-state index contributed by atoms with van der Waals surface area (Å²) in [6, 6.07) is 16.8. The van der Waals surface area contributed by atoms with E-state index in [1.54, 1.807) is 10.5 Å². The van der Waals surface area contributed by atoms with Crippen LogP contribution >= 0.6 is 0 Å². The SMILES string of the molecule is CCCc1ccc([C@@H]([NH2+]Cc2cc(=O)n3c(C)cccc3n2)C(C)C)cc1. The smallest absolute Gasteiger partial charge is 0.258 e. The minimum atomic E-state index is -0.00786. The number of hydrogen-bond acceptors (Lipinski definition) is 2. The van der Waals surface area contributed by atoms with Gasteiger partial charge in [0.15, 0.2) is 0 Å². The van der Waals surface area contributed by atoms with E-state index in [-0.39, 0.29) is 5.56 Å². The van der Waals surface area contributed by atoms with E-state index >= 15 is 0 Å². The molecule has 142 valence electrons. The second kappa shape index (κ2) is 8.49. The Kier molecular flexibility index (Phi) is 6.07. The van der Waals surface area contributed by atoms with Gasteiger partial charge in [0, 0.05) is 23.2 Å². The molecule has 0 aliphatic rings. The third-order valence-corrected chi connectivity index (χ3v) is 5.14. The molecule has 4 nitrogen and oxygen atoms in total. The molecule has 0 amide bonds. The maximum atomic E-state index is 12.5. The van der Waals surface area contributed by atoms with Crippen LogP contribution in [0.25, 0.3) is 5.65 Å². The minimum Gasteiger partial charge on any atom is -0.335 e. The fraction of sp³-hybridized carbons (Fsp3) is 0.391. The third-order valence-electron chi connectivity index (χ3n) is 5.14. The van der Waals surface area contributed by atoms with Crippen molar-refractivity contribution in [3.05, 3.63) is 81.4 Å². The molecular weight excluding hydrogens is 334 g/mol. The van der Waals surface area contributed by atoms with E-state index in [1.165, 1.54) is 17.5 Å². The van der Waals surface area contributed by atoms with E-state index in [0.29, 0.717) is 18.5 Å². The van der Waals surface area contributed by atoms with Crippen molar-refractivity contribution in [3.63, 3.8) is 0 Å². The second-order valence-corrected chi connectivity index (χ2v) is 7.65. The molecule has 0 aliphatic heterocycles. The summed E-state index contributed by atoms with van der Waals surface area (Å²) >= 11 is 0. The topological polar surface area (TPSA) is 51.0 Å². The average Bonchev–Trinajstić information content (AvgIpc) is 2.63. The first-order chi connectivity index (χ1) is 13.0. The summed E-state index contributed by atoms with van der Waals surface area (Å²) < 4.78 is 1.66. The highest BCUT2D eigenvalue weighted by Gasteiger charge is 2.19. The summed E-state index contributed by atoms with van der Waals surface area (Å²) in [4.78, 5) is 17.2. The number of benzene rings is 1. The van der Waals surface area contributed by atoms with Gasteiger partial charge in [-0.3, -0.25) is 9.20 Å². The first kappa shape index (κ1) is 19.3. The van der Waals surface area contributed by atoms with E-state index in [2.05, 4.69) is 50.4 Å². The monoisotopic (exact) mass is 364 g/mol. The van der Waals surface area contributed by atoms with Crippen LogP contribution in [0.3, 0.4) is 0 Å². The zero-order chi connectivity index (χ0) is 19.4. The van der Waals surface area contributed by atoms with Gasteiger partial charge in [0.1, 0.15) is 23.9 Å². The van der Waals surface area contributed by atoms with Crippen LogP contribution < -0.4 is 10.9 Å². The Morgan fingerprint density at radius 2 is 1.85 bits per heavy atom. The summed E-state index contributed by atoms with van der Waals surface area (Å²) in [5, 5.41) is 2.30. The van der Waals surface area contributed by atoms with Crippen molar-refractivity contribution in [2.24, 2.45) is 5.92 Å². The lowest BCUT2D eigenvalue weighted by Gasteiger charge is -2.20. The highest BCUT2D eigenvalue weighted by atomic mass is 16.1. The highest BCUT2D eigenvalue weighted by molar-refractivity contribution is 5.40. The van der Waals surface area contributed by atoms with Gasteiger partial charge in [0.2, 0.25) is 0 Å². The number of aryl methyl sites for hydroxylation is 2. The summed E-state index contributed by atoms with van der Waals surface area (Å²) in [6.45, 7) is 9.32. The Labute approximate surface area is 161 Å². The number of quaternary nitrogens is 1. The molecule has 2 N–H and O–H groups in total. The molecule has 0 fully saturated rings. The number of nitrogens with zero attached hydrogens (tertiary/aromatic N) is 2. The Balaban J connectivity index is 1.80. The lowest BCUT2D eigenvalue weighted by atomic mass is 9.94. The average molecular weight is 365 g/mol. The Morgan fingerprint density at radius 1 is 1.11 bits per heavy atom. The first-order valence-corrected chi connectivity index (χ1v) is 9.90. The van der Waals surface area contributed by atoms with E-state index in [1.807, 2.05) is 25.1 Å². The van der Waals surface area contributed by atoms with Gasteiger partial charge in [0.05, 0.1) is 0 Å². The zero-order valence-electron chi connectivity index (χ0n) is 16.8. The van der Waals surface area contributed by atoms with Crippen molar-refractivity contribution in [1.29, 1.82) is 0 Å². The molecule has 1 aromatic carbocycles. The molecule has 0 radical (unpaired) electrons. The standard InChI is InChI=1S/C23H29N3O/c1-5-7-18-10-12-19(13-11-18)23(16(2)3)24-15-20-14-22(27)26-17(4)8-6-9-21(26)25-20/h6,8-14,16,23-24H,5,7,15H2,1-4H3/p+1/t23-/m0/s1. The van der Waals surface area contributed by atoms with E-state index in [4.69, 9.17) is 4.98 Å². The molecule has 0 unspecified atom stereocenters. The van der Waals surface area contributed by atoms with Crippen molar-refractivity contribution in [2.45, 2.75) is 53.1 Å². The molecule has 2 heterocycles. The van der Waals surface area contributed by atoms with Crippen LogP contribution in [0.15, 0.2) is 53.3 Å². The molecule has 3 rings (SSSR count). The summed E-state index contributed by atoms with van der Waals surface area (Å²) in [5.74, 6) is 0.492. The van der Waals surface area contributed by atoms with Crippen molar-refractivity contribution < 1.29 is 5.32 Å². The van der Waals surface area contributed by atoms with Crippen molar-refractivity contribution in [3.8, 4) is 0 Å². The van der Waals surface area contributed by atoms with Crippen LogP contribution in [0.5, 0.6) is 0 Å². The molecule has 0 bridgehead atoms. The highest BCUT2D eigenvalue weighted by Crippen LogP contribution is 2.19. The lowest BCUT2D eigenvalue weighted by molar-refractivity contribution is -0.717. The predicted octanol–water partition coefficient (Wildman–Crippen LogP) is 3.42. The van der Waals surface area contributed by atoms with E-state index in [9.17, 15) is 4.79 Å². The molecule has 1 atom stereocenters. The number of aromatic nitrogens is 2. The van der Waals surface area contributed by atoms with Crippen LogP contribution in [-0.4, -0.2) is 9.38 Å². The Bertz CT molecular complexity index is 958. The summed E-state index contributed by atoms with van der Waals surface area (Å²) in [5.41, 5.74) is 5.18. The molecule has 0 saturated heterocycles. The van der Waals surface area contributed by atoms with Gasteiger partial charge < -0.3 is 5.32 Å². The van der Waals surface area contributed by atoms with Gasteiger partial charge in [-0.25, -0.2) is 4.98 Å². The number of hydrogen-bond donors (Lipinski definition) is 1. The van der Waals surface area contributed by atoms with E-state index < -0.39 is 0 Å². The fourth-order valence-corrected chi connectivity index (χ4v) is 3.70. The van der Waals surface area contributed by atoms with Crippen LogP contribution in [0.4, 0.5) is 0 Å². The van der Waals surface area contributed by atoms with Crippen LogP contribution in [0, 0.1) is 12.8 Å². The first-order valence-electron chi connectivity index (χ1n) is 9.90. The van der Waals surface area contributed by atoms with Gasteiger partial charge >= 0.3 is 0 Å². The van der Waals surface area contributed by atoms with Crippen LogP contribution in [0.2, 0.25) is 0 Å². The second-order valence-electron chi connectivity index (χ2n) is 7.65. The Morgan fingerprint density at radius 3 is 2.52 bits per heavy atom. The molecule has 4 heteroatoms. The largest absolute Gasteiger partial charge is 0.335 e. The molecular formula is C23H30N3O+. The number of fused-ring (bicyclic) bond motifs is 1. The minimum absolute atomic E-state index is 0.00786. The molecule has 0 saturated carbocycles. The van der Waals surface area contributed by atoms with Gasteiger partial charge in [0.25, 0.3) is 5.56 Å². The number of nitrogens with two attached hydrogens (primary N) is 1. The quantitative estimate of drug-likeness (QED) is 0.698. The van der Waals surface area contributed by atoms with Crippen molar-refractivity contribution in [2.75, 3.05) is 0 Å². The van der Waals surface area contributed by atoms with Gasteiger partial charge in [-0.05, 0) is 31.0 Å². The van der Waals surface area contributed by atoms with Crippen molar-refractivity contribution in [1.82, 2.24) is 9.38 Å². The van der Waals surface area contributed by atoms with Crippen LogP contribution in [0.1, 0.15) is 55.7 Å². The third kappa shape index (κ3) is 4.45. The van der Waals surface area contributed by atoms with Gasteiger partial charge in [-0.15, -0.1) is 0 Å². The molecule has 2 aromatic heterocycles. The normalized spacial score (nSPS) is 12.6. The maximum absolute atomic E-state index is 12.5. The van der Waals surface area contributed by atoms with Gasteiger partial charge in [-0.2, -0.15) is 0 Å². The van der Waals surface area contributed by atoms with Crippen molar-refractivity contribution >= 4 is 5.65 Å². The number of pyridine rings is 1. The Hall–Kier alpha value is -2.46. The molecule has 27 heavy (non-hydrogen) atoms. The molecule has 0 spiro atoms. The predicted molar refractivity (Wildman–Crippen MR) is 110 cm³/mol. The van der Waals surface area contributed by atoms with Gasteiger partial charge in [-0.1, -0.05) is 57.5 Å². The molecule has 0 aliphatic carbocycles. The fourth-order valence-electron chi connectivity index (χ4n) is 3.70. The summed E-state index contributed by atoms with van der Waals surface area (Å²) in [6.07, 6.45) is 2.29. The van der Waals surface area contributed by atoms with Crippen LogP contribution in [-0.2, 0) is 13.0 Å². The zero-order valence-corrected chi connectivity index (χ0v) is 16.8. The lowest BCUT2D eigenvalue weighted by Crippen LogP contribution is -2.84. The number of rotatable bonds is 7. The maximum Gasteiger partial charge on any atom is 0.258 e.